The predicted molar refractivity (Wildman–Crippen MR) is 419 cm³/mol. The van der Waals surface area contributed by atoms with Crippen LogP contribution in [0.2, 0.25) is 0 Å². The van der Waals surface area contributed by atoms with Crippen LogP contribution < -0.4 is 0 Å². The Balaban J connectivity index is 0.000000551. The molecule has 0 saturated carbocycles. The average molecular weight is 1310 g/mol. The molecule has 15 atom stereocenters. The number of rotatable bonds is 0. The molecule has 12 aliphatic heterocycles. The van der Waals surface area contributed by atoms with Gasteiger partial charge in [0.25, 0.3) is 0 Å². The molecule has 0 radical (unpaired) electrons. The molecule has 15 unspecified atom stereocenters. The second-order valence-corrected chi connectivity index (χ2v) is 36.1. The van der Waals surface area contributed by atoms with Gasteiger partial charge in [0.2, 0.25) is 0 Å². The molecule has 0 N–H and O–H groups in total. The monoisotopic (exact) mass is 1310 g/mol. The normalized spacial score (nSPS) is 37.3. The van der Waals surface area contributed by atoms with E-state index in [-0.39, 0.29) is 44.6 Å². The zero-order chi connectivity index (χ0) is 62.7. The largest absolute Gasteiger partial charge is 0.358 e. The Bertz CT molecular complexity index is 1810. The van der Waals surface area contributed by atoms with Gasteiger partial charge < -0.3 is 71.5 Å². The highest BCUT2D eigenvalue weighted by atomic mass is 15.4. The summed E-state index contributed by atoms with van der Waals surface area (Å²) in [6, 6.07) is 5.54. The maximum Gasteiger partial charge on any atom is 0.0890 e. The molecule has 0 amide bonds. The summed E-state index contributed by atoms with van der Waals surface area (Å²) >= 11 is 0. The van der Waals surface area contributed by atoms with Gasteiger partial charge in [-0.05, 0) is 265 Å². The van der Waals surface area contributed by atoms with E-state index < -0.39 is 0 Å². The lowest BCUT2D eigenvalue weighted by molar-refractivity contribution is -0.977. The highest BCUT2D eigenvalue weighted by molar-refractivity contribution is 4.80. The minimum Gasteiger partial charge on any atom is -0.358 e. The molecular weight excluding hydrogens is 1130 g/mol. The summed E-state index contributed by atoms with van der Waals surface area (Å²) in [6.45, 7) is 63.8. The first-order valence-electron chi connectivity index (χ1n) is 40.8. The van der Waals surface area contributed by atoms with Crippen molar-refractivity contribution in [3.05, 3.63) is 44.6 Å². The maximum atomic E-state index is 2.52. The molecular formula is C87H180N6. The van der Waals surface area contributed by atoms with Crippen molar-refractivity contribution in [2.75, 3.05) is 118 Å². The van der Waals surface area contributed by atoms with Crippen molar-refractivity contribution in [3.8, 4) is 0 Å². The molecule has 6 heteroatoms. The van der Waals surface area contributed by atoms with E-state index in [0.29, 0.717) is 0 Å². The summed E-state index contributed by atoms with van der Waals surface area (Å²) in [5.74, 6) is 8.59. The highest BCUT2D eigenvalue weighted by Crippen LogP contribution is 2.41. The Labute approximate surface area is 591 Å². The lowest BCUT2D eigenvalue weighted by atomic mass is 9.80. The first-order chi connectivity index (χ1) is 41.6. The first kappa shape index (κ1) is 90.8. The Morgan fingerprint density at radius 3 is 1.01 bits per heavy atom. The van der Waals surface area contributed by atoms with Crippen molar-refractivity contribution >= 4 is 0 Å². The third-order valence-corrected chi connectivity index (χ3v) is 29.9. The minimum absolute atomic E-state index is 0. The Morgan fingerprint density at radius 1 is 0.204 bits per heavy atom. The van der Waals surface area contributed by atoms with Crippen molar-refractivity contribution in [1.29, 1.82) is 0 Å². The van der Waals surface area contributed by atoms with E-state index in [4.69, 9.17) is 0 Å². The number of quaternary nitrogens is 6. The van der Waals surface area contributed by atoms with E-state index in [1.807, 2.05) is 0 Å². The standard InChI is InChI=1S/3C14H28N.3C13H26N.6CH3/c1-12-8-9-13(2)15(14(12)3)10-6-4-5-7-11-15;1-12-8-11-15(14(3)13(12)2)9-6-4-5-7-10-15;1-12-10-13(2)14(3)15(11-12)8-6-4-5-7-9-15;1-12-8-7-9-13(2)14(12)10-5-3-4-6-11-14;1-12-7-10-14(11-13(12)2)8-5-3-4-6-9-14;1-12-9-13(2)11-14(10-12)7-5-3-4-6-8-14;;;;;;/h3*12-14H,4-11H2,1-3H3;3*12-13H,3-11H2,1-2H3;6*1H3/q6*+1;6*-1. The van der Waals surface area contributed by atoms with Crippen LogP contribution in [0.5, 0.6) is 0 Å². The topological polar surface area (TPSA) is 0 Å². The first-order valence-corrected chi connectivity index (χ1v) is 40.8. The highest BCUT2D eigenvalue weighted by Gasteiger charge is 2.48. The Morgan fingerprint density at radius 2 is 0.570 bits per heavy atom. The van der Waals surface area contributed by atoms with Crippen molar-refractivity contribution in [1.82, 2.24) is 0 Å². The van der Waals surface area contributed by atoms with Gasteiger partial charge in [-0.25, -0.2) is 0 Å². The molecule has 12 aliphatic rings. The third-order valence-electron chi connectivity index (χ3n) is 29.9. The van der Waals surface area contributed by atoms with Gasteiger partial charge in [0.15, 0.2) is 0 Å². The van der Waals surface area contributed by atoms with Crippen molar-refractivity contribution in [2.24, 2.45) is 53.3 Å². The minimum atomic E-state index is 0. The average Bonchev–Trinajstić information content (AvgIpc) is 1.74. The second-order valence-electron chi connectivity index (χ2n) is 36.1. The van der Waals surface area contributed by atoms with E-state index in [0.717, 1.165) is 89.5 Å². The van der Waals surface area contributed by atoms with Gasteiger partial charge >= 0.3 is 0 Å². The fourth-order valence-corrected chi connectivity index (χ4v) is 23.2. The smallest absolute Gasteiger partial charge is 0.0890 e. The lowest BCUT2D eigenvalue weighted by Gasteiger charge is -2.53. The SMILES string of the molecule is CC1CC(C)C(C)[N+]2(CCCCCC2)C1.CC1CC(C)C[N+]2(CCCCCC2)C1.CC1CCC(C)[N+]2(CCCCCC2)C1C.CC1CCCC(C)[N+]12CCCCCC2.CC1CC[N+]2(CCCCCC2)C(C)C1C.CC1CC[N+]2(CCCCCC2)CC1C.[CH3-].[CH3-].[CH3-].[CH3-].[CH3-].[CH3-]. The zero-order valence-electron chi connectivity index (χ0n) is 68.4. The second kappa shape index (κ2) is 43.5. The van der Waals surface area contributed by atoms with E-state index in [2.05, 4.69) is 104 Å². The van der Waals surface area contributed by atoms with Gasteiger partial charge in [-0.15, -0.1) is 0 Å². The molecule has 0 bridgehead atoms. The molecule has 12 fully saturated rings. The van der Waals surface area contributed by atoms with Gasteiger partial charge in [-0.1, -0.05) is 62.3 Å². The molecule has 6 nitrogen and oxygen atoms in total. The van der Waals surface area contributed by atoms with Crippen molar-refractivity contribution < 1.29 is 26.9 Å². The summed E-state index contributed by atoms with van der Waals surface area (Å²) in [5.41, 5.74) is 0. The molecule has 0 aliphatic carbocycles. The van der Waals surface area contributed by atoms with Gasteiger partial charge in [0.1, 0.15) is 0 Å². The molecule has 93 heavy (non-hydrogen) atoms. The molecule has 0 aromatic rings. The summed E-state index contributed by atoms with van der Waals surface area (Å²) in [6.07, 6.45) is 48.8. The summed E-state index contributed by atoms with van der Waals surface area (Å²) < 4.78 is 8.81. The molecule has 12 rings (SSSR count). The molecule has 0 aromatic carbocycles. The van der Waals surface area contributed by atoms with Crippen LogP contribution in [-0.4, -0.2) is 181 Å². The lowest BCUT2D eigenvalue weighted by Crippen LogP contribution is -2.64. The third kappa shape index (κ3) is 24.8. The molecule has 558 valence electrons. The van der Waals surface area contributed by atoms with Crippen molar-refractivity contribution in [2.45, 2.75) is 352 Å². The molecule has 12 heterocycles. The Kier molecular flexibility index (Phi) is 42.5. The van der Waals surface area contributed by atoms with Crippen LogP contribution in [0, 0.1) is 97.8 Å². The summed E-state index contributed by atoms with van der Waals surface area (Å²) in [7, 11) is 0. The van der Waals surface area contributed by atoms with Gasteiger partial charge in [0.05, 0.1) is 154 Å². The fraction of sp³-hybridized carbons (Fsp3) is 0.931. The van der Waals surface area contributed by atoms with Gasteiger partial charge in [-0.3, -0.25) is 0 Å². The van der Waals surface area contributed by atoms with Crippen LogP contribution in [-0.2, 0) is 0 Å². The number of piperidine rings is 6. The summed E-state index contributed by atoms with van der Waals surface area (Å²) in [4.78, 5) is 0. The fourth-order valence-electron chi connectivity index (χ4n) is 23.2. The van der Waals surface area contributed by atoms with Crippen molar-refractivity contribution in [3.63, 3.8) is 0 Å². The van der Waals surface area contributed by atoms with Gasteiger partial charge in [-0.2, -0.15) is 0 Å². The molecule has 0 aromatic heterocycles. The van der Waals surface area contributed by atoms with E-state index in [9.17, 15) is 0 Å². The van der Waals surface area contributed by atoms with Gasteiger partial charge in [0, 0.05) is 41.4 Å². The quantitative estimate of drug-likeness (QED) is 0.168. The van der Waals surface area contributed by atoms with Crippen LogP contribution in [0.3, 0.4) is 0 Å². The van der Waals surface area contributed by atoms with Crippen LogP contribution in [0.4, 0.5) is 0 Å². The maximum absolute atomic E-state index is 2.52. The van der Waals surface area contributed by atoms with Crippen LogP contribution in [0.15, 0.2) is 0 Å². The van der Waals surface area contributed by atoms with E-state index in [1.165, 1.54) is 357 Å². The number of hydrogen-bond donors (Lipinski definition) is 0. The Hall–Kier alpha value is -0.240. The van der Waals surface area contributed by atoms with Crippen LogP contribution in [0.1, 0.15) is 316 Å². The van der Waals surface area contributed by atoms with E-state index >= 15 is 0 Å². The zero-order valence-corrected chi connectivity index (χ0v) is 68.4. The predicted octanol–water partition coefficient (Wildman–Crippen LogP) is 22.6. The van der Waals surface area contributed by atoms with Crippen LogP contribution in [0.25, 0.3) is 0 Å². The van der Waals surface area contributed by atoms with Crippen LogP contribution >= 0.6 is 0 Å². The number of nitrogens with zero attached hydrogens (tertiary/aromatic N) is 6. The molecule has 6 spiro atoms. The summed E-state index contributed by atoms with van der Waals surface area (Å²) in [5, 5.41) is 0. The molecule has 12 saturated heterocycles. The number of hydrogen-bond acceptors (Lipinski definition) is 0. The van der Waals surface area contributed by atoms with E-state index in [1.54, 1.807) is 0 Å².